The van der Waals surface area contributed by atoms with E-state index in [1.807, 2.05) is 61.6 Å². The molecule has 0 saturated carbocycles. The number of aliphatic hydroxyl groups excluding tert-OH is 1. The predicted molar refractivity (Wildman–Crippen MR) is 130 cm³/mol. The summed E-state index contributed by atoms with van der Waals surface area (Å²) < 4.78 is 19.0. The third kappa shape index (κ3) is 6.57. The standard InChI is InChI=1S/C26H35N3O4/c1-5-11-21(30)18-29(16-17-31-3)19-22-25(20-12-7-6-8-13-20)27-28(2)26(22)33-24-15-10-9-14-23(24)32-4/h6-10,12-15,21,30H,5,11,16-19H2,1-4H3. The Morgan fingerprint density at radius 3 is 2.39 bits per heavy atom. The SMILES string of the molecule is CCCC(O)CN(CCOC)Cc1c(-c2ccccc2)nn(C)c1Oc1ccccc1OC. The molecule has 7 heteroatoms. The van der Waals surface area contributed by atoms with Gasteiger partial charge in [0.2, 0.25) is 5.88 Å². The number of nitrogens with zero attached hydrogens (tertiary/aromatic N) is 3. The Morgan fingerprint density at radius 2 is 1.73 bits per heavy atom. The summed E-state index contributed by atoms with van der Waals surface area (Å²) >= 11 is 0. The van der Waals surface area contributed by atoms with Crippen LogP contribution in [0.2, 0.25) is 0 Å². The minimum Gasteiger partial charge on any atom is -0.493 e. The summed E-state index contributed by atoms with van der Waals surface area (Å²) in [6.45, 7) is 4.45. The summed E-state index contributed by atoms with van der Waals surface area (Å²) in [4.78, 5) is 2.20. The quantitative estimate of drug-likeness (QED) is 0.411. The van der Waals surface area contributed by atoms with E-state index in [0.717, 1.165) is 29.7 Å². The van der Waals surface area contributed by atoms with E-state index >= 15 is 0 Å². The van der Waals surface area contributed by atoms with Crippen molar-refractivity contribution in [1.82, 2.24) is 14.7 Å². The van der Waals surface area contributed by atoms with Crippen molar-refractivity contribution in [3.05, 3.63) is 60.2 Å². The molecule has 0 aliphatic carbocycles. The number of aliphatic hydroxyl groups is 1. The highest BCUT2D eigenvalue weighted by Gasteiger charge is 2.24. The van der Waals surface area contributed by atoms with E-state index in [2.05, 4.69) is 11.8 Å². The maximum Gasteiger partial charge on any atom is 0.222 e. The minimum absolute atomic E-state index is 0.401. The summed E-state index contributed by atoms with van der Waals surface area (Å²) in [7, 11) is 5.20. The molecule has 1 atom stereocenters. The van der Waals surface area contributed by atoms with E-state index in [1.165, 1.54) is 0 Å². The molecule has 0 aliphatic rings. The smallest absolute Gasteiger partial charge is 0.222 e. The van der Waals surface area contributed by atoms with Gasteiger partial charge in [0.1, 0.15) is 5.69 Å². The van der Waals surface area contributed by atoms with Gasteiger partial charge in [0.15, 0.2) is 11.5 Å². The number of hydrogen-bond donors (Lipinski definition) is 1. The molecule has 1 N–H and O–H groups in total. The van der Waals surface area contributed by atoms with Crippen LogP contribution in [0, 0.1) is 0 Å². The van der Waals surface area contributed by atoms with Gasteiger partial charge in [-0.25, -0.2) is 4.68 Å². The number of para-hydroxylation sites is 2. The molecule has 0 bridgehead atoms. The summed E-state index contributed by atoms with van der Waals surface area (Å²) in [5, 5.41) is 15.3. The number of rotatable bonds is 13. The lowest BCUT2D eigenvalue weighted by Crippen LogP contribution is -2.34. The van der Waals surface area contributed by atoms with E-state index in [1.54, 1.807) is 18.9 Å². The third-order valence-electron chi connectivity index (χ3n) is 5.50. The maximum atomic E-state index is 10.5. The van der Waals surface area contributed by atoms with Crippen LogP contribution in [0.5, 0.6) is 17.4 Å². The molecule has 1 unspecified atom stereocenters. The van der Waals surface area contributed by atoms with Gasteiger partial charge in [-0.3, -0.25) is 4.90 Å². The summed E-state index contributed by atoms with van der Waals surface area (Å²) in [6.07, 6.45) is 1.29. The molecular weight excluding hydrogens is 418 g/mol. The second-order valence-corrected chi connectivity index (χ2v) is 8.05. The zero-order valence-corrected chi connectivity index (χ0v) is 20.0. The normalized spacial score (nSPS) is 12.2. The highest BCUT2D eigenvalue weighted by atomic mass is 16.5. The van der Waals surface area contributed by atoms with Crippen LogP contribution in [0.15, 0.2) is 54.6 Å². The molecule has 0 aliphatic heterocycles. The average molecular weight is 454 g/mol. The van der Waals surface area contributed by atoms with Crippen molar-refractivity contribution in [2.24, 2.45) is 7.05 Å². The Bertz CT molecular complexity index is 990. The van der Waals surface area contributed by atoms with E-state index in [0.29, 0.717) is 43.6 Å². The monoisotopic (exact) mass is 453 g/mol. The molecule has 1 heterocycles. The first-order chi connectivity index (χ1) is 16.1. The van der Waals surface area contributed by atoms with Crippen molar-refractivity contribution >= 4 is 0 Å². The van der Waals surface area contributed by atoms with Crippen LogP contribution in [-0.4, -0.2) is 59.8 Å². The predicted octanol–water partition coefficient (Wildman–Crippen LogP) is 4.50. The Morgan fingerprint density at radius 1 is 1.03 bits per heavy atom. The van der Waals surface area contributed by atoms with Gasteiger partial charge < -0.3 is 19.3 Å². The van der Waals surface area contributed by atoms with Crippen LogP contribution in [0.3, 0.4) is 0 Å². The second-order valence-electron chi connectivity index (χ2n) is 8.05. The molecule has 0 fully saturated rings. The van der Waals surface area contributed by atoms with Crippen LogP contribution in [0.4, 0.5) is 0 Å². The van der Waals surface area contributed by atoms with Crippen molar-refractivity contribution in [2.75, 3.05) is 33.9 Å². The molecule has 178 valence electrons. The van der Waals surface area contributed by atoms with Crippen molar-refractivity contribution in [1.29, 1.82) is 0 Å². The molecule has 1 aromatic heterocycles. The second kappa shape index (κ2) is 12.4. The van der Waals surface area contributed by atoms with Crippen LogP contribution < -0.4 is 9.47 Å². The van der Waals surface area contributed by atoms with Gasteiger partial charge in [-0.2, -0.15) is 5.10 Å². The number of aryl methyl sites for hydroxylation is 1. The summed E-state index contributed by atoms with van der Waals surface area (Å²) in [5.74, 6) is 1.92. The maximum absolute atomic E-state index is 10.5. The number of methoxy groups -OCH3 is 2. The molecule has 0 saturated heterocycles. The van der Waals surface area contributed by atoms with E-state index < -0.39 is 6.10 Å². The average Bonchev–Trinajstić information content (AvgIpc) is 3.13. The first-order valence-corrected chi connectivity index (χ1v) is 11.4. The summed E-state index contributed by atoms with van der Waals surface area (Å²) in [5.41, 5.74) is 2.82. The first-order valence-electron chi connectivity index (χ1n) is 11.4. The summed E-state index contributed by atoms with van der Waals surface area (Å²) in [6, 6.07) is 17.7. The molecule has 2 aromatic carbocycles. The molecule has 3 aromatic rings. The topological polar surface area (TPSA) is 69.0 Å². The van der Waals surface area contributed by atoms with E-state index in [-0.39, 0.29) is 0 Å². The zero-order chi connectivity index (χ0) is 23.6. The number of hydrogen-bond acceptors (Lipinski definition) is 6. The molecule has 7 nitrogen and oxygen atoms in total. The highest BCUT2D eigenvalue weighted by Crippen LogP contribution is 2.37. The van der Waals surface area contributed by atoms with Gasteiger partial charge in [0, 0.05) is 39.4 Å². The van der Waals surface area contributed by atoms with Crippen molar-refractivity contribution in [3.63, 3.8) is 0 Å². The van der Waals surface area contributed by atoms with E-state index in [9.17, 15) is 5.11 Å². The van der Waals surface area contributed by atoms with Crippen LogP contribution >= 0.6 is 0 Å². The number of ether oxygens (including phenoxy) is 3. The number of aromatic nitrogens is 2. The number of benzene rings is 2. The Kier molecular flexibility index (Phi) is 9.30. The fourth-order valence-electron chi connectivity index (χ4n) is 3.86. The van der Waals surface area contributed by atoms with Gasteiger partial charge in [-0.05, 0) is 18.6 Å². The van der Waals surface area contributed by atoms with E-state index in [4.69, 9.17) is 19.3 Å². The van der Waals surface area contributed by atoms with Crippen LogP contribution in [0.1, 0.15) is 25.3 Å². The van der Waals surface area contributed by atoms with Crippen molar-refractivity contribution in [2.45, 2.75) is 32.4 Å². The van der Waals surface area contributed by atoms with Gasteiger partial charge >= 0.3 is 0 Å². The first kappa shape index (κ1) is 24.8. The third-order valence-corrected chi connectivity index (χ3v) is 5.50. The van der Waals surface area contributed by atoms with Crippen molar-refractivity contribution < 1.29 is 19.3 Å². The zero-order valence-electron chi connectivity index (χ0n) is 20.0. The molecule has 0 radical (unpaired) electrons. The van der Waals surface area contributed by atoms with Crippen LogP contribution in [-0.2, 0) is 18.3 Å². The van der Waals surface area contributed by atoms with Crippen molar-refractivity contribution in [3.8, 4) is 28.6 Å². The van der Waals surface area contributed by atoms with Gasteiger partial charge in [0.05, 0.1) is 25.4 Å². The molecule has 33 heavy (non-hydrogen) atoms. The lowest BCUT2D eigenvalue weighted by molar-refractivity contribution is 0.0797. The Balaban J connectivity index is 2.01. The van der Waals surface area contributed by atoms with Gasteiger partial charge in [0.25, 0.3) is 0 Å². The molecule has 3 rings (SSSR count). The fourth-order valence-corrected chi connectivity index (χ4v) is 3.86. The highest BCUT2D eigenvalue weighted by molar-refractivity contribution is 5.65. The minimum atomic E-state index is -0.401. The largest absolute Gasteiger partial charge is 0.493 e. The van der Waals surface area contributed by atoms with Gasteiger partial charge in [-0.1, -0.05) is 55.8 Å². The fraction of sp³-hybridized carbons (Fsp3) is 0.423. The molecule has 0 spiro atoms. The Hall–Kier alpha value is -2.87. The van der Waals surface area contributed by atoms with Crippen LogP contribution in [0.25, 0.3) is 11.3 Å². The Labute approximate surface area is 196 Å². The van der Waals surface area contributed by atoms with Gasteiger partial charge in [-0.15, -0.1) is 0 Å². The molecule has 0 amide bonds. The lowest BCUT2D eigenvalue weighted by atomic mass is 10.1. The lowest BCUT2D eigenvalue weighted by Gasteiger charge is -2.25. The molecular formula is C26H35N3O4.